The zero-order valence-electron chi connectivity index (χ0n) is 10.3. The number of nitrogens with two attached hydrogens (primary N) is 1. The number of anilines is 1. The van der Waals surface area contributed by atoms with E-state index in [1.807, 2.05) is 10.9 Å². The fraction of sp³-hybridized carbons (Fsp3) is 0.750. The molecular weight excluding hydrogens is 200 g/mol. The minimum atomic E-state index is 0.542. The average Bonchev–Trinajstić information content (AvgIpc) is 2.65. The number of nitrogen functional groups attached to an aromatic ring is 1. The molecule has 90 valence electrons. The van der Waals surface area contributed by atoms with Crippen LogP contribution >= 0.6 is 0 Å². The maximum absolute atomic E-state index is 5.68. The fourth-order valence-corrected chi connectivity index (χ4v) is 2.44. The van der Waals surface area contributed by atoms with E-state index in [1.165, 1.54) is 32.5 Å². The highest BCUT2D eigenvalue weighted by Crippen LogP contribution is 2.22. The summed E-state index contributed by atoms with van der Waals surface area (Å²) in [5.74, 6) is 0.761. The molecule has 4 nitrogen and oxygen atoms in total. The number of piperidine rings is 1. The normalized spacial score (nSPS) is 19.4. The first kappa shape index (κ1) is 11.5. The van der Waals surface area contributed by atoms with Crippen LogP contribution in [0.1, 0.15) is 32.7 Å². The van der Waals surface area contributed by atoms with Crippen molar-refractivity contribution in [1.29, 1.82) is 0 Å². The molecule has 0 unspecified atom stereocenters. The molecule has 0 radical (unpaired) electrons. The summed E-state index contributed by atoms with van der Waals surface area (Å²) in [6.07, 6.45) is 6.06. The van der Waals surface area contributed by atoms with Gasteiger partial charge in [-0.1, -0.05) is 13.8 Å². The zero-order valence-corrected chi connectivity index (χ0v) is 10.3. The third-order valence-corrected chi connectivity index (χ3v) is 3.18. The smallest absolute Gasteiger partial charge is 0.0719 e. The molecule has 0 bridgehead atoms. The first-order chi connectivity index (χ1) is 7.65. The highest BCUT2D eigenvalue weighted by Gasteiger charge is 2.21. The second kappa shape index (κ2) is 4.87. The number of hydrogen-bond acceptors (Lipinski definition) is 3. The first-order valence-electron chi connectivity index (χ1n) is 6.17. The van der Waals surface area contributed by atoms with Gasteiger partial charge in [0.1, 0.15) is 0 Å². The molecule has 0 amide bonds. The Balaban J connectivity index is 1.85. The van der Waals surface area contributed by atoms with E-state index >= 15 is 0 Å². The zero-order chi connectivity index (χ0) is 11.5. The van der Waals surface area contributed by atoms with E-state index in [0.29, 0.717) is 6.04 Å². The molecule has 1 fully saturated rings. The van der Waals surface area contributed by atoms with Gasteiger partial charge in [-0.25, -0.2) is 0 Å². The highest BCUT2D eigenvalue weighted by atomic mass is 15.3. The van der Waals surface area contributed by atoms with Gasteiger partial charge in [0.2, 0.25) is 0 Å². The second-order valence-corrected chi connectivity index (χ2v) is 5.18. The molecule has 0 spiro atoms. The third-order valence-electron chi connectivity index (χ3n) is 3.18. The largest absolute Gasteiger partial charge is 0.396 e. The summed E-state index contributed by atoms with van der Waals surface area (Å²) in [5.41, 5.74) is 6.45. The molecule has 2 rings (SSSR count). The molecule has 1 saturated heterocycles. The van der Waals surface area contributed by atoms with E-state index in [4.69, 9.17) is 5.73 Å². The Morgan fingerprint density at radius 1 is 1.44 bits per heavy atom. The molecule has 1 aromatic heterocycles. The Kier molecular flexibility index (Phi) is 3.49. The molecule has 4 heteroatoms. The maximum Gasteiger partial charge on any atom is 0.0719 e. The lowest BCUT2D eigenvalue weighted by Gasteiger charge is -2.32. The van der Waals surface area contributed by atoms with Crippen LogP contribution in [0.25, 0.3) is 0 Å². The molecule has 0 aromatic carbocycles. The van der Waals surface area contributed by atoms with Crippen LogP contribution in [0.3, 0.4) is 0 Å². The highest BCUT2D eigenvalue weighted by molar-refractivity contribution is 5.30. The Hall–Kier alpha value is -1.03. The van der Waals surface area contributed by atoms with Crippen molar-refractivity contribution in [2.24, 2.45) is 5.92 Å². The van der Waals surface area contributed by atoms with Crippen molar-refractivity contribution in [2.75, 3.05) is 25.4 Å². The van der Waals surface area contributed by atoms with Gasteiger partial charge < -0.3 is 10.6 Å². The molecule has 0 atom stereocenters. The Labute approximate surface area is 97.4 Å². The summed E-state index contributed by atoms with van der Waals surface area (Å²) >= 11 is 0. The molecule has 2 heterocycles. The quantitative estimate of drug-likeness (QED) is 0.847. The molecule has 1 aliphatic rings. The predicted octanol–water partition coefficient (Wildman–Crippen LogP) is 1.76. The van der Waals surface area contributed by atoms with Gasteiger partial charge in [0.15, 0.2) is 0 Å². The third kappa shape index (κ3) is 2.76. The molecule has 1 aromatic rings. The summed E-state index contributed by atoms with van der Waals surface area (Å²) in [6.45, 7) is 8.14. The van der Waals surface area contributed by atoms with Crippen LogP contribution in [0.5, 0.6) is 0 Å². The molecular formula is C12H22N4. The van der Waals surface area contributed by atoms with Crippen LogP contribution in [-0.4, -0.2) is 34.3 Å². The van der Waals surface area contributed by atoms with Gasteiger partial charge in [-0.05, 0) is 18.8 Å². The van der Waals surface area contributed by atoms with Gasteiger partial charge in [0.05, 0.1) is 17.9 Å². The van der Waals surface area contributed by atoms with Gasteiger partial charge >= 0.3 is 0 Å². The van der Waals surface area contributed by atoms with Gasteiger partial charge in [0, 0.05) is 25.8 Å². The summed E-state index contributed by atoms with van der Waals surface area (Å²) in [5, 5.41) is 4.30. The van der Waals surface area contributed by atoms with Crippen molar-refractivity contribution >= 4 is 5.69 Å². The molecule has 1 aliphatic heterocycles. The number of likely N-dealkylation sites (tertiary alicyclic amines) is 1. The van der Waals surface area contributed by atoms with E-state index in [-0.39, 0.29) is 0 Å². The minimum absolute atomic E-state index is 0.542. The van der Waals surface area contributed by atoms with Gasteiger partial charge in [-0.15, -0.1) is 0 Å². The maximum atomic E-state index is 5.68. The molecule has 0 saturated carbocycles. The summed E-state index contributed by atoms with van der Waals surface area (Å²) in [6, 6.07) is 0.542. The van der Waals surface area contributed by atoms with Crippen LogP contribution in [0.15, 0.2) is 12.4 Å². The van der Waals surface area contributed by atoms with E-state index in [1.54, 1.807) is 6.20 Å². The van der Waals surface area contributed by atoms with Crippen molar-refractivity contribution in [2.45, 2.75) is 32.7 Å². The molecule has 2 N–H and O–H groups in total. The SMILES string of the molecule is CC(C)CN1CCC(n2cc(N)cn2)CC1. The van der Waals surface area contributed by atoms with E-state index < -0.39 is 0 Å². The van der Waals surface area contributed by atoms with Crippen molar-refractivity contribution < 1.29 is 0 Å². The minimum Gasteiger partial charge on any atom is -0.396 e. The Morgan fingerprint density at radius 2 is 2.12 bits per heavy atom. The van der Waals surface area contributed by atoms with Crippen molar-refractivity contribution in [3.63, 3.8) is 0 Å². The monoisotopic (exact) mass is 222 g/mol. The average molecular weight is 222 g/mol. The molecule has 0 aliphatic carbocycles. The van der Waals surface area contributed by atoms with Crippen molar-refractivity contribution in [3.05, 3.63) is 12.4 Å². The number of aromatic nitrogens is 2. The number of rotatable bonds is 3. The van der Waals surface area contributed by atoms with Crippen LogP contribution in [0.4, 0.5) is 5.69 Å². The van der Waals surface area contributed by atoms with Gasteiger partial charge in [-0.2, -0.15) is 5.10 Å². The lowest BCUT2D eigenvalue weighted by atomic mass is 10.0. The van der Waals surface area contributed by atoms with E-state index in [0.717, 1.165) is 11.6 Å². The topological polar surface area (TPSA) is 47.1 Å². The summed E-state index contributed by atoms with van der Waals surface area (Å²) in [4.78, 5) is 2.55. The van der Waals surface area contributed by atoms with Gasteiger partial charge in [-0.3, -0.25) is 4.68 Å². The lowest BCUT2D eigenvalue weighted by Crippen LogP contribution is -2.36. The van der Waals surface area contributed by atoms with Crippen LogP contribution in [0.2, 0.25) is 0 Å². The van der Waals surface area contributed by atoms with Crippen molar-refractivity contribution in [3.8, 4) is 0 Å². The summed E-state index contributed by atoms with van der Waals surface area (Å²) < 4.78 is 2.03. The van der Waals surface area contributed by atoms with Crippen LogP contribution in [-0.2, 0) is 0 Å². The number of nitrogens with zero attached hydrogens (tertiary/aromatic N) is 3. The van der Waals surface area contributed by atoms with Crippen LogP contribution in [0, 0.1) is 5.92 Å². The fourth-order valence-electron chi connectivity index (χ4n) is 2.44. The summed E-state index contributed by atoms with van der Waals surface area (Å²) in [7, 11) is 0. The van der Waals surface area contributed by atoms with E-state index in [2.05, 4.69) is 23.8 Å². The number of hydrogen-bond donors (Lipinski definition) is 1. The predicted molar refractivity (Wildman–Crippen MR) is 66.2 cm³/mol. The lowest BCUT2D eigenvalue weighted by molar-refractivity contribution is 0.164. The van der Waals surface area contributed by atoms with Crippen molar-refractivity contribution in [1.82, 2.24) is 14.7 Å². The Bertz CT molecular complexity index is 324. The van der Waals surface area contributed by atoms with Crippen LogP contribution < -0.4 is 5.73 Å². The first-order valence-corrected chi connectivity index (χ1v) is 6.17. The van der Waals surface area contributed by atoms with Gasteiger partial charge in [0.25, 0.3) is 0 Å². The molecule has 16 heavy (non-hydrogen) atoms. The second-order valence-electron chi connectivity index (χ2n) is 5.18. The Morgan fingerprint density at radius 3 is 2.62 bits per heavy atom. The van der Waals surface area contributed by atoms with E-state index in [9.17, 15) is 0 Å². The standard InChI is InChI=1S/C12H22N4/c1-10(2)8-15-5-3-12(4-6-15)16-9-11(13)7-14-16/h7,9-10,12H,3-6,8,13H2,1-2H3.